The molecular weight excluding hydrogens is 479 g/mol. The Labute approximate surface area is 197 Å². The van der Waals surface area contributed by atoms with Gasteiger partial charge in [0, 0.05) is 11.6 Å². The Balaban J connectivity index is 1.89. The summed E-state index contributed by atoms with van der Waals surface area (Å²) in [5.74, 6) is -1.11. The number of carbonyl (C=O) groups is 2. The van der Waals surface area contributed by atoms with E-state index >= 15 is 0 Å². The molecule has 1 aliphatic rings. The van der Waals surface area contributed by atoms with Gasteiger partial charge in [0.2, 0.25) is 5.90 Å². The number of ether oxygens (including phenoxy) is 4. The van der Waals surface area contributed by atoms with Gasteiger partial charge < -0.3 is 18.9 Å². The zero-order valence-electron chi connectivity index (χ0n) is 17.3. The SMILES string of the molecule is CCOC(=O)COc1c(Cl)cc(/C=C2\N=C(c3ccc(Cl)c([N+](=O)[O-])c3)OC2=O)cc1OC. The Morgan fingerprint density at radius 3 is 2.67 bits per heavy atom. The number of benzene rings is 2. The lowest BCUT2D eigenvalue weighted by molar-refractivity contribution is -0.384. The van der Waals surface area contributed by atoms with E-state index in [1.807, 2.05) is 0 Å². The van der Waals surface area contributed by atoms with Crippen LogP contribution in [0.2, 0.25) is 10.0 Å². The van der Waals surface area contributed by atoms with Crippen molar-refractivity contribution in [3.8, 4) is 11.5 Å². The summed E-state index contributed by atoms with van der Waals surface area (Å²) in [6.07, 6.45) is 1.39. The Morgan fingerprint density at radius 2 is 2.00 bits per heavy atom. The fourth-order valence-electron chi connectivity index (χ4n) is 2.77. The van der Waals surface area contributed by atoms with Crippen LogP contribution < -0.4 is 9.47 Å². The van der Waals surface area contributed by atoms with Crippen LogP contribution in [0.4, 0.5) is 5.69 Å². The maximum Gasteiger partial charge on any atom is 0.363 e. The summed E-state index contributed by atoms with van der Waals surface area (Å²) in [5.41, 5.74) is 0.224. The van der Waals surface area contributed by atoms with Gasteiger partial charge in [-0.1, -0.05) is 23.2 Å². The lowest BCUT2D eigenvalue weighted by Gasteiger charge is -2.12. The van der Waals surface area contributed by atoms with Crippen molar-refractivity contribution in [1.29, 1.82) is 0 Å². The smallest absolute Gasteiger partial charge is 0.363 e. The van der Waals surface area contributed by atoms with E-state index in [4.69, 9.17) is 42.1 Å². The second-order valence-corrected chi connectivity index (χ2v) is 7.20. The minimum Gasteiger partial charge on any atom is -0.493 e. The van der Waals surface area contributed by atoms with Crippen LogP contribution in [0.5, 0.6) is 11.5 Å². The van der Waals surface area contributed by atoms with Crippen LogP contribution in [-0.2, 0) is 19.1 Å². The second kappa shape index (κ2) is 10.3. The first-order chi connectivity index (χ1) is 15.7. The predicted molar refractivity (Wildman–Crippen MR) is 119 cm³/mol. The van der Waals surface area contributed by atoms with Gasteiger partial charge >= 0.3 is 11.9 Å². The van der Waals surface area contributed by atoms with Crippen molar-refractivity contribution < 1.29 is 33.5 Å². The summed E-state index contributed by atoms with van der Waals surface area (Å²) in [6.45, 7) is 1.52. The highest BCUT2D eigenvalue weighted by Crippen LogP contribution is 2.37. The van der Waals surface area contributed by atoms with Crippen LogP contribution in [0.3, 0.4) is 0 Å². The molecule has 33 heavy (non-hydrogen) atoms. The maximum atomic E-state index is 12.3. The Bertz CT molecular complexity index is 1190. The van der Waals surface area contributed by atoms with E-state index in [1.54, 1.807) is 6.92 Å². The molecule has 0 saturated heterocycles. The number of nitrogens with zero attached hydrogens (tertiary/aromatic N) is 2. The highest BCUT2D eigenvalue weighted by molar-refractivity contribution is 6.33. The van der Waals surface area contributed by atoms with E-state index in [2.05, 4.69) is 4.99 Å². The largest absolute Gasteiger partial charge is 0.493 e. The van der Waals surface area contributed by atoms with Gasteiger partial charge in [0.15, 0.2) is 23.8 Å². The molecular formula is C21H16Cl2N2O8. The number of nitro benzene ring substituents is 1. The van der Waals surface area contributed by atoms with E-state index < -0.39 is 16.9 Å². The molecule has 0 saturated carbocycles. The Morgan fingerprint density at radius 1 is 1.24 bits per heavy atom. The average molecular weight is 495 g/mol. The van der Waals surface area contributed by atoms with Crippen LogP contribution in [-0.4, -0.2) is 43.1 Å². The molecule has 172 valence electrons. The van der Waals surface area contributed by atoms with Gasteiger partial charge in [-0.3, -0.25) is 10.1 Å². The molecule has 0 bridgehead atoms. The second-order valence-electron chi connectivity index (χ2n) is 6.39. The third kappa shape index (κ3) is 5.60. The van der Waals surface area contributed by atoms with Crippen molar-refractivity contribution in [2.24, 2.45) is 4.99 Å². The third-order valence-corrected chi connectivity index (χ3v) is 4.81. The van der Waals surface area contributed by atoms with Crippen molar-refractivity contribution in [1.82, 2.24) is 0 Å². The number of esters is 2. The number of hydrogen-bond acceptors (Lipinski definition) is 9. The van der Waals surface area contributed by atoms with E-state index in [1.165, 1.54) is 37.5 Å². The number of cyclic esters (lactones) is 1. The molecule has 2 aromatic rings. The van der Waals surface area contributed by atoms with Crippen LogP contribution in [0.25, 0.3) is 6.08 Å². The molecule has 12 heteroatoms. The standard InChI is InChI=1S/C21H16Cl2N2O8/c1-3-31-18(26)10-32-19-14(23)6-11(8-17(19)30-2)7-15-21(27)33-20(24-15)12-4-5-13(22)16(9-12)25(28)29/h4-9H,3,10H2,1-2H3/b15-7-. The first-order valence-electron chi connectivity index (χ1n) is 9.36. The van der Waals surface area contributed by atoms with Gasteiger partial charge in [-0.25, -0.2) is 14.6 Å². The van der Waals surface area contributed by atoms with Crippen LogP contribution in [0, 0.1) is 10.1 Å². The summed E-state index contributed by atoms with van der Waals surface area (Å²) in [7, 11) is 1.38. The zero-order chi connectivity index (χ0) is 24.1. The van der Waals surface area contributed by atoms with Crippen molar-refractivity contribution in [3.63, 3.8) is 0 Å². The summed E-state index contributed by atoms with van der Waals surface area (Å²) >= 11 is 12.1. The monoisotopic (exact) mass is 494 g/mol. The van der Waals surface area contributed by atoms with Gasteiger partial charge in [0.05, 0.1) is 23.7 Å². The maximum absolute atomic E-state index is 12.3. The van der Waals surface area contributed by atoms with Gasteiger partial charge in [-0.05, 0) is 42.8 Å². The molecule has 0 radical (unpaired) electrons. The Hall–Kier alpha value is -3.63. The van der Waals surface area contributed by atoms with Gasteiger partial charge in [0.1, 0.15) is 5.02 Å². The quantitative estimate of drug-likeness (QED) is 0.231. The molecule has 1 aliphatic heterocycles. The first-order valence-corrected chi connectivity index (χ1v) is 10.1. The predicted octanol–water partition coefficient (Wildman–Crippen LogP) is 4.20. The molecule has 1 heterocycles. The van der Waals surface area contributed by atoms with Crippen LogP contribution in [0.15, 0.2) is 41.0 Å². The fourth-order valence-corrected chi connectivity index (χ4v) is 3.23. The minimum atomic E-state index is -0.764. The topological polar surface area (TPSA) is 127 Å². The van der Waals surface area contributed by atoms with Gasteiger partial charge in [0.25, 0.3) is 5.69 Å². The van der Waals surface area contributed by atoms with E-state index in [0.717, 1.165) is 6.07 Å². The van der Waals surface area contributed by atoms with Crippen molar-refractivity contribution in [2.75, 3.05) is 20.3 Å². The first kappa shape index (κ1) is 24.0. The van der Waals surface area contributed by atoms with Crippen LogP contribution >= 0.6 is 23.2 Å². The molecule has 0 aromatic heterocycles. The highest BCUT2D eigenvalue weighted by Gasteiger charge is 2.26. The molecule has 2 aromatic carbocycles. The molecule has 0 N–H and O–H groups in total. The fraction of sp³-hybridized carbons (Fsp3) is 0.190. The molecule has 3 rings (SSSR count). The van der Waals surface area contributed by atoms with Crippen molar-refractivity contribution in [3.05, 3.63) is 67.3 Å². The number of methoxy groups -OCH3 is 1. The molecule has 0 amide bonds. The molecule has 0 atom stereocenters. The molecule has 0 fully saturated rings. The summed E-state index contributed by atoms with van der Waals surface area (Å²) < 4.78 is 20.6. The number of hydrogen-bond donors (Lipinski definition) is 0. The molecule has 0 unspecified atom stereocenters. The normalized spacial score (nSPS) is 14.0. The number of rotatable bonds is 8. The van der Waals surface area contributed by atoms with E-state index in [0.29, 0.717) is 5.56 Å². The minimum absolute atomic E-state index is 0.0589. The molecule has 0 aliphatic carbocycles. The molecule has 10 nitrogen and oxygen atoms in total. The Kier molecular flexibility index (Phi) is 7.52. The summed E-state index contributed by atoms with van der Waals surface area (Å²) in [5, 5.41) is 11.2. The molecule has 0 spiro atoms. The average Bonchev–Trinajstić information content (AvgIpc) is 3.13. The lowest BCUT2D eigenvalue weighted by Crippen LogP contribution is -2.15. The van der Waals surface area contributed by atoms with Crippen LogP contribution in [0.1, 0.15) is 18.1 Å². The number of aliphatic imine (C=N–C) groups is 1. The summed E-state index contributed by atoms with van der Waals surface area (Å²) in [6, 6.07) is 6.92. The number of nitro groups is 1. The summed E-state index contributed by atoms with van der Waals surface area (Å²) in [4.78, 5) is 38.4. The lowest BCUT2D eigenvalue weighted by atomic mass is 10.1. The third-order valence-electron chi connectivity index (χ3n) is 4.21. The van der Waals surface area contributed by atoms with Gasteiger partial charge in [-0.2, -0.15) is 0 Å². The number of carbonyl (C=O) groups excluding carboxylic acids is 2. The highest BCUT2D eigenvalue weighted by atomic mass is 35.5. The van der Waals surface area contributed by atoms with Gasteiger partial charge in [-0.15, -0.1) is 0 Å². The van der Waals surface area contributed by atoms with E-state index in [-0.39, 0.29) is 57.6 Å². The van der Waals surface area contributed by atoms with Crippen molar-refractivity contribution in [2.45, 2.75) is 6.92 Å². The zero-order valence-corrected chi connectivity index (χ0v) is 18.8. The van der Waals surface area contributed by atoms with Crippen molar-refractivity contribution >= 4 is 52.8 Å². The number of halogens is 2. The van der Waals surface area contributed by atoms with E-state index in [9.17, 15) is 19.7 Å².